The average molecular weight is 368 g/mol. The minimum Gasteiger partial charge on any atom is -0.355 e. The van der Waals surface area contributed by atoms with Gasteiger partial charge in [-0.1, -0.05) is 23.2 Å². The highest BCUT2D eigenvalue weighted by Gasteiger charge is 2.16. The van der Waals surface area contributed by atoms with E-state index in [1.54, 1.807) is 0 Å². The second-order valence-corrected chi connectivity index (χ2v) is 7.49. The van der Waals surface area contributed by atoms with Gasteiger partial charge in [0.1, 0.15) is 0 Å². The molecule has 22 heavy (non-hydrogen) atoms. The average Bonchev–Trinajstić information content (AvgIpc) is 2.44. The Balaban J connectivity index is 2.48. The van der Waals surface area contributed by atoms with Crippen LogP contribution in [0.3, 0.4) is 0 Å². The highest BCUT2D eigenvalue weighted by molar-refractivity contribution is 7.89. The largest absolute Gasteiger partial charge is 0.355 e. The van der Waals surface area contributed by atoms with Gasteiger partial charge < -0.3 is 10.2 Å². The summed E-state index contributed by atoms with van der Waals surface area (Å²) in [4.78, 5) is 13.5. The van der Waals surface area contributed by atoms with Crippen molar-refractivity contribution in [2.45, 2.75) is 11.3 Å². The van der Waals surface area contributed by atoms with Gasteiger partial charge in [-0.15, -0.1) is 0 Å². The van der Waals surface area contributed by atoms with Crippen molar-refractivity contribution in [3.8, 4) is 0 Å². The van der Waals surface area contributed by atoms with Gasteiger partial charge in [-0.25, -0.2) is 13.1 Å². The van der Waals surface area contributed by atoms with Crippen LogP contribution in [0.15, 0.2) is 23.1 Å². The molecular weight excluding hydrogens is 349 g/mol. The number of carbonyl (C=O) groups is 1. The number of halogens is 2. The number of nitrogens with one attached hydrogen (secondary N) is 2. The highest BCUT2D eigenvalue weighted by Crippen LogP contribution is 2.24. The fraction of sp³-hybridized carbons (Fsp3) is 0.462. The van der Waals surface area contributed by atoms with E-state index in [2.05, 4.69) is 10.0 Å². The molecule has 0 heterocycles. The first-order valence-corrected chi connectivity index (χ1v) is 8.82. The van der Waals surface area contributed by atoms with Gasteiger partial charge in [0.15, 0.2) is 0 Å². The lowest BCUT2D eigenvalue weighted by Gasteiger charge is -2.10. The van der Waals surface area contributed by atoms with E-state index in [1.807, 2.05) is 19.0 Å². The number of hydrogen-bond donors (Lipinski definition) is 2. The molecule has 124 valence electrons. The van der Waals surface area contributed by atoms with Crippen LogP contribution in [0.2, 0.25) is 10.0 Å². The molecule has 1 amide bonds. The number of rotatable bonds is 8. The molecule has 1 aromatic rings. The second kappa shape index (κ2) is 8.69. The van der Waals surface area contributed by atoms with E-state index in [0.29, 0.717) is 6.54 Å². The van der Waals surface area contributed by atoms with Crippen molar-refractivity contribution in [3.63, 3.8) is 0 Å². The minimum atomic E-state index is -3.80. The molecule has 2 N–H and O–H groups in total. The number of nitrogens with zero attached hydrogens (tertiary/aromatic N) is 1. The summed E-state index contributed by atoms with van der Waals surface area (Å²) in [6.07, 6.45) is 0.790. The Labute approximate surface area is 140 Å². The number of carbonyl (C=O) groups excluding carboxylic acids is 1. The predicted octanol–water partition coefficient (Wildman–Crippen LogP) is 1.34. The molecule has 0 bridgehead atoms. The van der Waals surface area contributed by atoms with E-state index in [4.69, 9.17) is 23.2 Å². The Morgan fingerprint density at radius 1 is 1.23 bits per heavy atom. The van der Waals surface area contributed by atoms with Crippen molar-refractivity contribution in [2.75, 3.05) is 33.7 Å². The third-order valence-electron chi connectivity index (χ3n) is 2.73. The number of benzene rings is 1. The molecule has 0 aliphatic heterocycles. The molecular formula is C13H19Cl2N3O3S. The predicted molar refractivity (Wildman–Crippen MR) is 87.8 cm³/mol. The zero-order chi connectivity index (χ0) is 16.8. The lowest BCUT2D eigenvalue weighted by molar-refractivity contribution is -0.119. The molecule has 1 aromatic carbocycles. The van der Waals surface area contributed by atoms with Crippen LogP contribution in [0.5, 0.6) is 0 Å². The Hall–Kier alpha value is -0.860. The van der Waals surface area contributed by atoms with E-state index in [0.717, 1.165) is 13.0 Å². The maximum atomic E-state index is 12.0. The molecule has 0 aliphatic rings. The molecule has 0 radical (unpaired) electrons. The Morgan fingerprint density at radius 3 is 2.50 bits per heavy atom. The lowest BCUT2D eigenvalue weighted by atomic mass is 10.4. The van der Waals surface area contributed by atoms with Gasteiger partial charge in [0.05, 0.1) is 21.5 Å². The fourth-order valence-corrected chi connectivity index (χ4v) is 2.94. The third kappa shape index (κ3) is 6.50. The maximum absolute atomic E-state index is 12.0. The van der Waals surface area contributed by atoms with Gasteiger partial charge in [-0.3, -0.25) is 4.79 Å². The first kappa shape index (κ1) is 19.2. The van der Waals surface area contributed by atoms with Crippen molar-refractivity contribution in [2.24, 2.45) is 0 Å². The normalized spacial score (nSPS) is 11.7. The quantitative estimate of drug-likeness (QED) is 0.679. The van der Waals surface area contributed by atoms with Gasteiger partial charge in [0.25, 0.3) is 0 Å². The van der Waals surface area contributed by atoms with E-state index in [-0.39, 0.29) is 27.4 Å². The van der Waals surface area contributed by atoms with E-state index < -0.39 is 10.0 Å². The van der Waals surface area contributed by atoms with Crippen molar-refractivity contribution in [1.29, 1.82) is 0 Å². The molecule has 6 nitrogen and oxygen atoms in total. The lowest BCUT2D eigenvalue weighted by Crippen LogP contribution is -2.37. The van der Waals surface area contributed by atoms with Gasteiger partial charge in [0, 0.05) is 6.54 Å². The molecule has 0 atom stereocenters. The van der Waals surface area contributed by atoms with Crippen LogP contribution >= 0.6 is 23.2 Å². The second-order valence-electron chi connectivity index (χ2n) is 4.91. The van der Waals surface area contributed by atoms with Crippen LogP contribution in [0, 0.1) is 0 Å². The van der Waals surface area contributed by atoms with Crippen LogP contribution in [0.25, 0.3) is 0 Å². The zero-order valence-corrected chi connectivity index (χ0v) is 14.7. The molecule has 9 heteroatoms. The van der Waals surface area contributed by atoms with Crippen LogP contribution < -0.4 is 10.0 Å². The number of hydrogen-bond acceptors (Lipinski definition) is 4. The smallest absolute Gasteiger partial charge is 0.241 e. The van der Waals surface area contributed by atoms with E-state index in [1.165, 1.54) is 18.2 Å². The minimum absolute atomic E-state index is 0.0395. The Bertz CT molecular complexity index is 621. The van der Waals surface area contributed by atoms with Crippen molar-refractivity contribution < 1.29 is 13.2 Å². The number of amides is 1. The highest BCUT2D eigenvalue weighted by atomic mass is 35.5. The maximum Gasteiger partial charge on any atom is 0.241 e. The Kier molecular flexibility index (Phi) is 7.58. The van der Waals surface area contributed by atoms with Crippen LogP contribution in [-0.2, 0) is 14.8 Å². The zero-order valence-electron chi connectivity index (χ0n) is 12.4. The molecule has 0 saturated carbocycles. The molecule has 0 spiro atoms. The van der Waals surface area contributed by atoms with Crippen LogP contribution in [0.4, 0.5) is 0 Å². The summed E-state index contributed by atoms with van der Waals surface area (Å²) in [5.41, 5.74) is 0. The summed E-state index contributed by atoms with van der Waals surface area (Å²) in [6.45, 7) is 1.01. The molecule has 0 unspecified atom stereocenters. The van der Waals surface area contributed by atoms with Gasteiger partial charge in [0.2, 0.25) is 15.9 Å². The van der Waals surface area contributed by atoms with Crippen molar-refractivity contribution >= 4 is 39.1 Å². The van der Waals surface area contributed by atoms with Gasteiger partial charge in [-0.05, 0) is 45.3 Å². The molecule has 1 rings (SSSR count). The molecule has 0 fully saturated rings. The van der Waals surface area contributed by atoms with E-state index >= 15 is 0 Å². The fourth-order valence-electron chi connectivity index (χ4n) is 1.57. The summed E-state index contributed by atoms with van der Waals surface area (Å²) >= 11 is 11.5. The monoisotopic (exact) mass is 367 g/mol. The van der Waals surface area contributed by atoms with Crippen LogP contribution in [-0.4, -0.2) is 53.0 Å². The summed E-state index contributed by atoms with van der Waals surface area (Å²) < 4.78 is 26.3. The summed E-state index contributed by atoms with van der Waals surface area (Å²) in [5.74, 6) is -0.387. The van der Waals surface area contributed by atoms with Gasteiger partial charge in [-0.2, -0.15) is 0 Å². The SMILES string of the molecule is CN(C)CCCNC(=O)CNS(=O)(=O)c1ccc(Cl)c(Cl)c1. The summed E-state index contributed by atoms with van der Waals surface area (Å²) in [7, 11) is 0.0746. The Morgan fingerprint density at radius 2 is 1.91 bits per heavy atom. The van der Waals surface area contributed by atoms with Crippen molar-refractivity contribution in [1.82, 2.24) is 14.9 Å². The summed E-state index contributed by atoms with van der Waals surface area (Å²) in [6, 6.07) is 3.95. The third-order valence-corrected chi connectivity index (χ3v) is 4.87. The van der Waals surface area contributed by atoms with Crippen molar-refractivity contribution in [3.05, 3.63) is 28.2 Å². The van der Waals surface area contributed by atoms with E-state index in [9.17, 15) is 13.2 Å². The topological polar surface area (TPSA) is 78.5 Å². The number of sulfonamides is 1. The first-order chi connectivity index (χ1) is 10.2. The standard InChI is InChI=1S/C13H19Cl2N3O3S/c1-18(2)7-3-6-16-13(19)9-17-22(20,21)10-4-5-11(14)12(15)8-10/h4-5,8,17H,3,6-7,9H2,1-2H3,(H,16,19). The molecule has 0 aromatic heterocycles. The van der Waals surface area contributed by atoms with Gasteiger partial charge >= 0.3 is 0 Å². The first-order valence-electron chi connectivity index (χ1n) is 6.58. The molecule has 0 aliphatic carbocycles. The summed E-state index contributed by atoms with van der Waals surface area (Å²) in [5, 5.41) is 3.04. The molecule has 0 saturated heterocycles. The van der Waals surface area contributed by atoms with Crippen LogP contribution in [0.1, 0.15) is 6.42 Å².